The van der Waals surface area contributed by atoms with E-state index in [0.717, 1.165) is 5.56 Å². The minimum atomic E-state index is 0.317. The number of nitrogens with two attached hydrogens (primary N) is 1. The van der Waals surface area contributed by atoms with E-state index in [1.807, 2.05) is 18.2 Å². The summed E-state index contributed by atoms with van der Waals surface area (Å²) in [5.74, 6) is 0.998. The van der Waals surface area contributed by atoms with Gasteiger partial charge in [0.25, 0.3) is 0 Å². The quantitative estimate of drug-likeness (QED) is 0.692. The van der Waals surface area contributed by atoms with E-state index in [1.54, 1.807) is 24.3 Å². The van der Waals surface area contributed by atoms with Gasteiger partial charge in [0.05, 0.1) is 0 Å². The summed E-state index contributed by atoms with van der Waals surface area (Å²) in [7, 11) is 0. The van der Waals surface area contributed by atoms with E-state index in [9.17, 15) is 0 Å². The number of benzene rings is 1. The van der Waals surface area contributed by atoms with Crippen LogP contribution in [0.1, 0.15) is 5.76 Å². The van der Waals surface area contributed by atoms with Crippen molar-refractivity contribution in [3.05, 3.63) is 42.2 Å². The summed E-state index contributed by atoms with van der Waals surface area (Å²) in [6.07, 6.45) is 0. The Morgan fingerprint density at radius 2 is 1.79 bits per heavy atom. The molecule has 0 saturated carbocycles. The van der Waals surface area contributed by atoms with E-state index in [-0.39, 0.29) is 0 Å². The first-order valence-corrected chi connectivity index (χ1v) is 4.15. The predicted octanol–water partition coefficient (Wildman–Crippen LogP) is 2.40. The van der Waals surface area contributed by atoms with E-state index < -0.39 is 0 Å². The molecule has 0 saturated heterocycles. The average Bonchev–Trinajstić information content (AvgIpc) is 2.67. The Bertz CT molecular complexity index is 477. The number of nitrogen functional groups attached to an aromatic ring is 1. The molecular formula is C11H8N2O. The van der Waals surface area contributed by atoms with Crippen molar-refractivity contribution in [2.75, 3.05) is 5.73 Å². The van der Waals surface area contributed by atoms with Crippen LogP contribution in [0.15, 0.2) is 40.8 Å². The normalized spacial score (nSPS) is 9.64. The monoisotopic (exact) mass is 184 g/mol. The van der Waals surface area contributed by atoms with E-state index in [1.165, 1.54) is 0 Å². The molecule has 0 amide bonds. The van der Waals surface area contributed by atoms with Gasteiger partial charge in [-0.05, 0) is 36.4 Å². The summed E-state index contributed by atoms with van der Waals surface area (Å²) in [6, 6.07) is 12.7. The smallest absolute Gasteiger partial charge is 0.204 e. The maximum atomic E-state index is 8.58. The highest BCUT2D eigenvalue weighted by Gasteiger charge is 2.02. The van der Waals surface area contributed by atoms with Gasteiger partial charge in [-0.3, -0.25) is 0 Å². The highest BCUT2D eigenvalue weighted by molar-refractivity contribution is 5.60. The Balaban J connectivity index is 2.40. The van der Waals surface area contributed by atoms with Gasteiger partial charge in [-0.1, -0.05) is 0 Å². The van der Waals surface area contributed by atoms with Crippen molar-refractivity contribution in [2.45, 2.75) is 0 Å². The van der Waals surface area contributed by atoms with Gasteiger partial charge in [-0.15, -0.1) is 0 Å². The van der Waals surface area contributed by atoms with Crippen molar-refractivity contribution in [3.8, 4) is 17.4 Å². The molecule has 0 aliphatic carbocycles. The molecule has 0 aliphatic heterocycles. The molecule has 0 bridgehead atoms. The molecule has 0 spiro atoms. The summed E-state index contributed by atoms with van der Waals surface area (Å²) in [5.41, 5.74) is 7.18. The van der Waals surface area contributed by atoms with Crippen LogP contribution in [0.3, 0.4) is 0 Å². The highest BCUT2D eigenvalue weighted by atomic mass is 16.3. The van der Waals surface area contributed by atoms with Gasteiger partial charge in [0.1, 0.15) is 11.8 Å². The first kappa shape index (κ1) is 8.39. The van der Waals surface area contributed by atoms with Crippen LogP contribution in [-0.4, -0.2) is 0 Å². The van der Waals surface area contributed by atoms with Crippen molar-refractivity contribution in [3.63, 3.8) is 0 Å². The average molecular weight is 184 g/mol. The summed E-state index contributed by atoms with van der Waals surface area (Å²) in [6.45, 7) is 0. The third-order valence-corrected chi connectivity index (χ3v) is 1.91. The minimum absolute atomic E-state index is 0.317. The summed E-state index contributed by atoms with van der Waals surface area (Å²) < 4.78 is 5.26. The second kappa shape index (κ2) is 3.27. The molecule has 3 heteroatoms. The first-order valence-electron chi connectivity index (χ1n) is 4.15. The Morgan fingerprint density at radius 1 is 1.07 bits per heavy atom. The van der Waals surface area contributed by atoms with Gasteiger partial charge in [-0.2, -0.15) is 5.26 Å². The minimum Gasteiger partial charge on any atom is -0.446 e. The van der Waals surface area contributed by atoms with E-state index in [0.29, 0.717) is 17.2 Å². The number of hydrogen-bond acceptors (Lipinski definition) is 3. The second-order valence-electron chi connectivity index (χ2n) is 2.90. The zero-order valence-corrected chi connectivity index (χ0v) is 7.40. The number of rotatable bonds is 1. The van der Waals surface area contributed by atoms with E-state index >= 15 is 0 Å². The molecule has 14 heavy (non-hydrogen) atoms. The fourth-order valence-electron chi connectivity index (χ4n) is 1.20. The van der Waals surface area contributed by atoms with Crippen LogP contribution in [0.2, 0.25) is 0 Å². The molecular weight excluding hydrogens is 176 g/mol. The molecule has 0 radical (unpaired) electrons. The zero-order valence-electron chi connectivity index (χ0n) is 7.40. The van der Waals surface area contributed by atoms with Crippen molar-refractivity contribution >= 4 is 5.69 Å². The van der Waals surface area contributed by atoms with Crippen LogP contribution in [0.4, 0.5) is 5.69 Å². The van der Waals surface area contributed by atoms with Crippen LogP contribution in [0, 0.1) is 11.3 Å². The lowest BCUT2D eigenvalue weighted by Gasteiger charge is -1.96. The van der Waals surface area contributed by atoms with Gasteiger partial charge in [0.2, 0.25) is 5.76 Å². The van der Waals surface area contributed by atoms with Crippen molar-refractivity contribution < 1.29 is 4.42 Å². The van der Waals surface area contributed by atoms with Crippen LogP contribution < -0.4 is 5.73 Å². The number of nitriles is 1. The number of anilines is 1. The lowest BCUT2D eigenvalue weighted by atomic mass is 10.1. The molecule has 1 heterocycles. The number of furan rings is 1. The Labute approximate surface area is 81.4 Å². The Morgan fingerprint density at radius 3 is 2.36 bits per heavy atom. The molecule has 0 aliphatic rings. The summed E-state index contributed by atoms with van der Waals surface area (Å²) in [4.78, 5) is 0. The van der Waals surface area contributed by atoms with Crippen LogP contribution >= 0.6 is 0 Å². The van der Waals surface area contributed by atoms with E-state index in [4.69, 9.17) is 15.4 Å². The maximum Gasteiger partial charge on any atom is 0.204 e. The second-order valence-corrected chi connectivity index (χ2v) is 2.90. The lowest BCUT2D eigenvalue weighted by Crippen LogP contribution is -1.82. The van der Waals surface area contributed by atoms with Gasteiger partial charge >= 0.3 is 0 Å². The first-order chi connectivity index (χ1) is 6.79. The molecule has 0 unspecified atom stereocenters. The third-order valence-electron chi connectivity index (χ3n) is 1.91. The summed E-state index contributed by atoms with van der Waals surface area (Å²) in [5, 5.41) is 8.58. The predicted molar refractivity (Wildman–Crippen MR) is 53.3 cm³/mol. The zero-order chi connectivity index (χ0) is 9.97. The third kappa shape index (κ3) is 1.46. The molecule has 2 aromatic rings. The van der Waals surface area contributed by atoms with Gasteiger partial charge in [0, 0.05) is 11.3 Å². The topological polar surface area (TPSA) is 63.0 Å². The Kier molecular flexibility index (Phi) is 1.96. The molecule has 1 aromatic heterocycles. The van der Waals surface area contributed by atoms with Crippen molar-refractivity contribution in [1.29, 1.82) is 5.26 Å². The molecule has 2 N–H and O–H groups in total. The van der Waals surface area contributed by atoms with Crippen LogP contribution in [-0.2, 0) is 0 Å². The van der Waals surface area contributed by atoms with Gasteiger partial charge < -0.3 is 10.2 Å². The largest absolute Gasteiger partial charge is 0.446 e. The number of nitrogens with zero attached hydrogens (tertiary/aromatic N) is 1. The maximum absolute atomic E-state index is 8.58. The molecule has 0 fully saturated rings. The molecule has 68 valence electrons. The molecule has 2 rings (SSSR count). The van der Waals surface area contributed by atoms with E-state index in [2.05, 4.69) is 0 Å². The fraction of sp³-hybridized carbons (Fsp3) is 0. The summed E-state index contributed by atoms with van der Waals surface area (Å²) >= 11 is 0. The van der Waals surface area contributed by atoms with Gasteiger partial charge in [-0.25, -0.2) is 0 Å². The van der Waals surface area contributed by atoms with Crippen molar-refractivity contribution in [1.82, 2.24) is 0 Å². The fourth-order valence-corrected chi connectivity index (χ4v) is 1.20. The number of hydrogen-bond donors (Lipinski definition) is 1. The molecule has 0 atom stereocenters. The standard InChI is InChI=1S/C11H8N2O/c12-7-10-5-6-11(14-10)8-1-3-9(13)4-2-8/h1-6H,13H2. The lowest BCUT2D eigenvalue weighted by molar-refractivity contribution is 0.567. The van der Waals surface area contributed by atoms with Crippen LogP contribution in [0.25, 0.3) is 11.3 Å². The Hall–Kier alpha value is -2.21. The highest BCUT2D eigenvalue weighted by Crippen LogP contribution is 2.22. The molecule has 1 aromatic carbocycles. The SMILES string of the molecule is N#Cc1ccc(-c2ccc(N)cc2)o1. The van der Waals surface area contributed by atoms with Crippen molar-refractivity contribution in [2.24, 2.45) is 0 Å². The van der Waals surface area contributed by atoms with Gasteiger partial charge in [0.15, 0.2) is 0 Å². The molecule has 3 nitrogen and oxygen atoms in total. The van der Waals surface area contributed by atoms with Crippen LogP contribution in [0.5, 0.6) is 0 Å².